The Labute approximate surface area is 723 Å². The second kappa shape index (κ2) is 37.2. The Morgan fingerprint density at radius 2 is 0.795 bits per heavy atom. The maximum absolute atomic E-state index is 13.2. The number of nitrogens with zero attached hydrogens (tertiary/aromatic N) is 7. The number of rotatable bonds is 8. The minimum Gasteiger partial charge on any atom is -0.495 e. The number of carbonyl (C=O) groups is 6. The fraction of sp³-hybridized carbons (Fsp3) is 0.101. The molecule has 33 heteroatoms. The Bertz CT molecular complexity index is 6490. The standard InChI is InChI=1S/2C17H11ClN2O2.C15H13ClN2O2.C14H11ClN2O3.2C13H8ClFN2O2/c18-14-5-11(6-15-17(14)20-16(21)9-22-15)13-8-19-7-10-3-1-2-4-12(10)13;18-16-12(5-6-14-17(16)22-9-15(21)20-14)13-8-19-7-10-3-1-2-4-11(10)13;1-2-18-12-6-5-11(10-4-3-7-17-8-10)14(16)15(12)20-9-13(18)19;1-19-9-4-8(5-16-6-9)10-2-3-11-14(13(10)15)20-7-12(18)17-11;14-10-2-7(8-1-9(15)5-16-4-8)3-11-13(10)17-12(18)6-19-11;14-12-9(7-3-8(15)5-16-4-7)1-2-10-13(12)19-6-11(18)17-10/h2*1-8H,9H2,(H,20,21);3-8H,2,9H2,1H3;2-6H,7H2,1H3,(H,17,18);2*1-5H,6H2,(H,17,18). The summed E-state index contributed by atoms with van der Waals surface area (Å²) in [6.07, 6.45) is 19.3. The van der Waals surface area contributed by atoms with Gasteiger partial charge in [0.15, 0.2) is 62.6 Å². The van der Waals surface area contributed by atoms with Crippen LogP contribution in [0.2, 0.25) is 30.1 Å². The van der Waals surface area contributed by atoms with E-state index in [0.717, 1.165) is 84.1 Å². The van der Waals surface area contributed by atoms with Gasteiger partial charge < -0.3 is 64.6 Å². The number of methoxy groups -OCH3 is 1. The van der Waals surface area contributed by atoms with Crippen molar-refractivity contribution < 1.29 is 70.7 Å². The van der Waals surface area contributed by atoms with E-state index in [4.69, 9.17) is 103 Å². The second-order valence-corrected chi connectivity index (χ2v) is 29.2. The number of benzene rings is 8. The molecule has 25 nitrogen and oxygen atoms in total. The molecule has 14 aromatic rings. The van der Waals surface area contributed by atoms with Crippen LogP contribution >= 0.6 is 69.6 Å². The van der Waals surface area contributed by atoms with Gasteiger partial charge in [-0.1, -0.05) is 148 Å². The summed E-state index contributed by atoms with van der Waals surface area (Å²) in [7, 11) is 1.58. The fourth-order valence-electron chi connectivity index (χ4n) is 13.4. The van der Waals surface area contributed by atoms with E-state index in [1.165, 1.54) is 24.5 Å². The molecule has 0 fully saturated rings. The fourth-order valence-corrected chi connectivity index (χ4v) is 15.2. The van der Waals surface area contributed by atoms with E-state index in [-0.39, 0.29) is 75.1 Å². The number of pyridine rings is 6. The number of amides is 6. The molecule has 5 N–H and O–H groups in total. The number of aromatic nitrogens is 6. The molecule has 12 heterocycles. The van der Waals surface area contributed by atoms with Gasteiger partial charge in [0.25, 0.3) is 35.4 Å². The molecule has 0 spiro atoms. The summed E-state index contributed by atoms with van der Waals surface area (Å²) < 4.78 is 63.9. The van der Waals surface area contributed by atoms with E-state index >= 15 is 0 Å². The van der Waals surface area contributed by atoms with Crippen LogP contribution in [0.15, 0.2) is 226 Å². The van der Waals surface area contributed by atoms with Gasteiger partial charge in [-0.05, 0) is 102 Å². The molecule has 0 radical (unpaired) electrons. The first kappa shape index (κ1) is 83.3. The normalized spacial score (nSPS) is 13.5. The Kier molecular flexibility index (Phi) is 25.4. The molecule has 0 unspecified atom stereocenters. The summed E-state index contributed by atoms with van der Waals surface area (Å²) in [5, 5.41) is 20.3. The van der Waals surface area contributed by atoms with Crippen molar-refractivity contribution in [3.8, 4) is 107 Å². The minimum atomic E-state index is -0.444. The lowest BCUT2D eigenvalue weighted by molar-refractivity contribution is -0.121. The molecule has 0 bridgehead atoms. The van der Waals surface area contributed by atoms with Crippen molar-refractivity contribution in [3.05, 3.63) is 268 Å². The van der Waals surface area contributed by atoms with E-state index in [1.807, 2.05) is 129 Å². The summed E-state index contributed by atoms with van der Waals surface area (Å²) in [6, 6.07) is 45.7. The van der Waals surface area contributed by atoms with Crippen molar-refractivity contribution in [2.45, 2.75) is 6.92 Å². The van der Waals surface area contributed by atoms with Gasteiger partial charge in [0.1, 0.15) is 40.3 Å². The van der Waals surface area contributed by atoms with Crippen LogP contribution in [0.1, 0.15) is 6.92 Å². The highest BCUT2D eigenvalue weighted by molar-refractivity contribution is 6.38. The largest absolute Gasteiger partial charge is 0.495 e. The van der Waals surface area contributed by atoms with Crippen LogP contribution in [-0.2, 0) is 28.8 Å². The lowest BCUT2D eigenvalue weighted by Crippen LogP contribution is -2.38. The number of hydrogen-bond acceptors (Lipinski definition) is 19. The number of fused-ring (bicyclic) bond motifs is 8. The first-order valence-corrected chi connectivity index (χ1v) is 39.2. The van der Waals surface area contributed by atoms with E-state index in [2.05, 4.69) is 56.5 Å². The third-order valence-electron chi connectivity index (χ3n) is 19.1. The van der Waals surface area contributed by atoms with E-state index in [0.29, 0.717) is 128 Å². The summed E-state index contributed by atoms with van der Waals surface area (Å²) in [5.74, 6) is 1.65. The maximum atomic E-state index is 13.2. The number of anilines is 6. The van der Waals surface area contributed by atoms with E-state index in [9.17, 15) is 37.5 Å². The molecule has 0 atom stereocenters. The van der Waals surface area contributed by atoms with Crippen LogP contribution < -0.4 is 64.6 Å². The van der Waals surface area contributed by atoms with Crippen molar-refractivity contribution >= 4 is 161 Å². The molecule has 6 aromatic heterocycles. The van der Waals surface area contributed by atoms with Gasteiger partial charge in [0, 0.05) is 129 Å². The molecular formula is C89H62Cl6F2N12O13. The lowest BCUT2D eigenvalue weighted by Gasteiger charge is -2.29. The van der Waals surface area contributed by atoms with Crippen LogP contribution in [-0.4, -0.2) is 119 Å². The van der Waals surface area contributed by atoms with Crippen molar-refractivity contribution in [2.75, 3.05) is 84.8 Å². The monoisotopic (exact) mass is 1750 g/mol. The molecule has 612 valence electrons. The molecule has 122 heavy (non-hydrogen) atoms. The van der Waals surface area contributed by atoms with Gasteiger partial charge in [-0.25, -0.2) is 8.78 Å². The first-order valence-electron chi connectivity index (χ1n) is 37.0. The van der Waals surface area contributed by atoms with Crippen molar-refractivity contribution in [3.63, 3.8) is 0 Å². The third kappa shape index (κ3) is 18.5. The molecule has 20 rings (SSSR count). The second-order valence-electron chi connectivity index (χ2n) is 26.9. The van der Waals surface area contributed by atoms with Gasteiger partial charge in [-0.15, -0.1) is 0 Å². The lowest BCUT2D eigenvalue weighted by atomic mass is 10.00. The zero-order chi connectivity index (χ0) is 85.2. The number of halogens is 8. The summed E-state index contributed by atoms with van der Waals surface area (Å²) in [4.78, 5) is 94.3. The van der Waals surface area contributed by atoms with Crippen molar-refractivity contribution in [1.29, 1.82) is 0 Å². The SMILES string of the molecule is CCN1C(=O)COc2c1ccc(-c1cccnc1)c2Cl.COc1cncc(-c2ccc3c(c2Cl)OCC(=O)N3)c1.O=C1COc2c(ccc(-c3cncc(F)c3)c2Cl)N1.O=C1COc2c(ccc(-c3cncc4ccccc34)c2Cl)N1.O=C1COc2cc(-c3cncc(F)c3)cc(Cl)c2N1.O=C1COc2cc(-c3cncc4ccccc34)cc(Cl)c2N1. The Morgan fingerprint density at radius 3 is 1.34 bits per heavy atom. The molecule has 6 amide bonds. The highest BCUT2D eigenvalue weighted by atomic mass is 35.5. The number of ether oxygens (including phenoxy) is 7. The molecule has 6 aliphatic heterocycles. The Hall–Kier alpha value is -13.8. The topological polar surface area (TPSA) is 308 Å². The quantitative estimate of drug-likeness (QED) is 0.0944. The van der Waals surface area contributed by atoms with E-state index in [1.54, 1.807) is 79.4 Å². The first-order chi connectivity index (χ1) is 59.1. The summed E-state index contributed by atoms with van der Waals surface area (Å²) in [6.45, 7) is 2.34. The van der Waals surface area contributed by atoms with Gasteiger partial charge in [0.2, 0.25) is 0 Å². The van der Waals surface area contributed by atoms with Crippen LogP contribution in [0.25, 0.3) is 88.3 Å². The average Bonchev–Trinajstić information content (AvgIpc) is 0.786. The van der Waals surface area contributed by atoms with Crippen LogP contribution in [0.5, 0.6) is 40.2 Å². The molecule has 0 aliphatic carbocycles. The smallest absolute Gasteiger partial charge is 0.265 e. The molecule has 0 saturated heterocycles. The van der Waals surface area contributed by atoms with Crippen LogP contribution in [0.4, 0.5) is 42.9 Å². The molecular weight excluding hydrogens is 1700 g/mol. The zero-order valence-electron chi connectivity index (χ0n) is 63.8. The average molecular weight is 1760 g/mol. The summed E-state index contributed by atoms with van der Waals surface area (Å²) in [5.41, 5.74) is 12.8. The van der Waals surface area contributed by atoms with Gasteiger partial charge in [-0.3, -0.25) is 58.7 Å². The number of nitrogens with one attached hydrogen (secondary N) is 5. The number of carbonyl (C=O) groups excluding carboxylic acids is 6. The Morgan fingerprint density at radius 1 is 0.369 bits per heavy atom. The summed E-state index contributed by atoms with van der Waals surface area (Å²) >= 11 is 37.9. The predicted molar refractivity (Wildman–Crippen MR) is 464 cm³/mol. The zero-order valence-corrected chi connectivity index (χ0v) is 68.3. The highest BCUT2D eigenvalue weighted by Gasteiger charge is 2.30. The number of likely N-dealkylation sites (N-methyl/N-ethyl adjacent to an activating group) is 1. The number of hydrogen-bond donors (Lipinski definition) is 5. The predicted octanol–water partition coefficient (Wildman–Crippen LogP) is 19.4. The molecule has 0 saturated carbocycles. The van der Waals surface area contributed by atoms with Crippen molar-refractivity contribution in [2.24, 2.45) is 0 Å². The molecule has 6 aliphatic rings. The Balaban J connectivity index is 0.000000114. The minimum absolute atomic E-state index is 0.000565. The van der Waals surface area contributed by atoms with E-state index < -0.39 is 11.6 Å². The van der Waals surface area contributed by atoms with Gasteiger partial charge in [0.05, 0.1) is 78.6 Å². The van der Waals surface area contributed by atoms with Crippen LogP contribution in [0, 0.1) is 11.6 Å². The van der Waals surface area contributed by atoms with Gasteiger partial charge in [-0.2, -0.15) is 0 Å². The molecule has 8 aromatic carbocycles. The van der Waals surface area contributed by atoms with Gasteiger partial charge >= 0.3 is 0 Å². The third-order valence-corrected chi connectivity index (χ3v) is 21.2. The van der Waals surface area contributed by atoms with Crippen LogP contribution in [0.3, 0.4) is 0 Å². The maximum Gasteiger partial charge on any atom is 0.265 e. The highest BCUT2D eigenvalue weighted by Crippen LogP contribution is 2.49. The van der Waals surface area contributed by atoms with Crippen molar-refractivity contribution in [1.82, 2.24) is 29.9 Å².